The van der Waals surface area contributed by atoms with Crippen molar-refractivity contribution in [3.8, 4) is 11.1 Å². The largest absolute Gasteiger partial charge is 0.381 e. The van der Waals surface area contributed by atoms with Crippen LogP contribution < -0.4 is 20.4 Å². The molecule has 0 bridgehead atoms. The van der Waals surface area contributed by atoms with Crippen molar-refractivity contribution in [2.75, 3.05) is 75.0 Å². The number of aryl methyl sites for hydroxylation is 1. The van der Waals surface area contributed by atoms with E-state index in [1.165, 1.54) is 16.0 Å². The Kier molecular flexibility index (Phi) is 14.4. The van der Waals surface area contributed by atoms with E-state index in [0.29, 0.717) is 0 Å². The van der Waals surface area contributed by atoms with Crippen LogP contribution in [0.3, 0.4) is 0 Å². The second-order valence-electron chi connectivity index (χ2n) is 14.6. The molecule has 1 atom stereocenters. The first kappa shape index (κ1) is 41.7. The third-order valence-electron chi connectivity index (χ3n) is 10.6. The van der Waals surface area contributed by atoms with Gasteiger partial charge in [0.2, 0.25) is 0 Å². The van der Waals surface area contributed by atoms with Crippen LogP contribution in [0.15, 0.2) is 131 Å². The van der Waals surface area contributed by atoms with Gasteiger partial charge in [0.05, 0.1) is 18.1 Å². The van der Waals surface area contributed by atoms with Crippen molar-refractivity contribution in [2.45, 2.75) is 35.7 Å². The molecular formula is C45H51ClN6O4S2. The van der Waals surface area contributed by atoms with Crippen LogP contribution in [0.2, 0.25) is 5.02 Å². The van der Waals surface area contributed by atoms with E-state index in [-0.39, 0.29) is 16.5 Å². The molecule has 58 heavy (non-hydrogen) atoms. The monoisotopic (exact) mass is 838 g/mol. The SMILES string of the molecule is Cc1cc(S(=O)(=O)NC(=O)c2ccc(N3CCN(Cc4ccccc4-c4ccc(Cl)cc4)CC3)cc2)ccc1N[C@H](CCNN1CCOCC1)CSc1ccccc1. The summed E-state index contributed by atoms with van der Waals surface area (Å²) in [5, 5.41) is 6.59. The number of morpholine rings is 1. The van der Waals surface area contributed by atoms with Crippen molar-refractivity contribution in [1.29, 1.82) is 0 Å². The first-order chi connectivity index (χ1) is 28.2. The van der Waals surface area contributed by atoms with Crippen molar-refractivity contribution >= 4 is 50.7 Å². The molecule has 10 nitrogen and oxygen atoms in total. The van der Waals surface area contributed by atoms with Crippen LogP contribution in [0.5, 0.6) is 0 Å². The van der Waals surface area contributed by atoms with E-state index in [2.05, 4.69) is 78.8 Å². The van der Waals surface area contributed by atoms with Gasteiger partial charge in [-0.15, -0.1) is 11.8 Å². The Morgan fingerprint density at radius 3 is 2.26 bits per heavy atom. The summed E-state index contributed by atoms with van der Waals surface area (Å²) in [7, 11) is -4.11. The number of carbonyl (C=O) groups is 1. The molecule has 2 aliphatic heterocycles. The van der Waals surface area contributed by atoms with Crippen molar-refractivity contribution < 1.29 is 17.9 Å². The molecule has 0 unspecified atom stereocenters. The maximum absolute atomic E-state index is 13.4. The summed E-state index contributed by atoms with van der Waals surface area (Å²) in [6.07, 6.45) is 0.864. The molecule has 2 fully saturated rings. The van der Waals surface area contributed by atoms with Crippen LogP contribution in [0.1, 0.15) is 27.9 Å². The van der Waals surface area contributed by atoms with Crippen LogP contribution in [0.25, 0.3) is 11.1 Å². The zero-order valence-electron chi connectivity index (χ0n) is 32.8. The molecule has 0 radical (unpaired) electrons. The number of sulfonamides is 1. The number of nitrogens with zero attached hydrogens (tertiary/aromatic N) is 3. The summed E-state index contributed by atoms with van der Waals surface area (Å²) in [6, 6.07) is 39.0. The van der Waals surface area contributed by atoms with E-state index >= 15 is 0 Å². The molecule has 2 aliphatic rings. The number of nitrogens with one attached hydrogen (secondary N) is 3. The Labute approximate surface area is 351 Å². The molecule has 3 N–H and O–H groups in total. The Bertz CT molecular complexity index is 2210. The van der Waals surface area contributed by atoms with E-state index in [0.717, 1.165) is 105 Å². The fraction of sp³-hybridized carbons (Fsp3) is 0.311. The van der Waals surface area contributed by atoms with E-state index in [9.17, 15) is 13.2 Å². The number of thioether (sulfide) groups is 1. The van der Waals surface area contributed by atoms with E-state index in [4.69, 9.17) is 16.3 Å². The van der Waals surface area contributed by atoms with Gasteiger partial charge in [-0.2, -0.15) is 0 Å². The number of hydrogen-bond donors (Lipinski definition) is 3. The fourth-order valence-electron chi connectivity index (χ4n) is 7.25. The molecule has 2 saturated heterocycles. The minimum absolute atomic E-state index is 0.0402. The predicted molar refractivity (Wildman–Crippen MR) is 236 cm³/mol. The highest BCUT2D eigenvalue weighted by molar-refractivity contribution is 7.99. The highest BCUT2D eigenvalue weighted by Crippen LogP contribution is 2.28. The minimum Gasteiger partial charge on any atom is -0.381 e. The number of halogens is 1. The molecule has 0 saturated carbocycles. The molecule has 0 spiro atoms. The summed E-state index contributed by atoms with van der Waals surface area (Å²) in [6.45, 7) is 10.2. The third kappa shape index (κ3) is 11.4. The van der Waals surface area contributed by atoms with E-state index < -0.39 is 15.9 Å². The fourth-order valence-corrected chi connectivity index (χ4v) is 9.43. The summed E-state index contributed by atoms with van der Waals surface area (Å²) in [5.41, 5.74) is 10.1. The molecule has 0 aliphatic carbocycles. The molecule has 13 heteroatoms. The van der Waals surface area contributed by atoms with Crippen molar-refractivity contribution in [2.24, 2.45) is 0 Å². The molecule has 7 rings (SSSR count). The number of hydrogen-bond acceptors (Lipinski definition) is 10. The highest BCUT2D eigenvalue weighted by atomic mass is 35.5. The lowest BCUT2D eigenvalue weighted by Gasteiger charge is -2.36. The number of hydrazine groups is 1. The summed E-state index contributed by atoms with van der Waals surface area (Å²) < 4.78 is 34.6. The quantitative estimate of drug-likeness (QED) is 0.0864. The molecule has 0 aromatic heterocycles. The lowest BCUT2D eigenvalue weighted by Crippen LogP contribution is -2.46. The van der Waals surface area contributed by atoms with Gasteiger partial charge < -0.3 is 15.0 Å². The summed E-state index contributed by atoms with van der Waals surface area (Å²) >= 11 is 7.92. The Morgan fingerprint density at radius 1 is 0.828 bits per heavy atom. The van der Waals surface area contributed by atoms with E-state index in [1.807, 2.05) is 49.4 Å². The zero-order chi connectivity index (χ0) is 40.3. The first-order valence-corrected chi connectivity index (χ1v) is 22.6. The lowest BCUT2D eigenvalue weighted by atomic mass is 9.99. The van der Waals surface area contributed by atoms with E-state index in [1.54, 1.807) is 42.1 Å². The number of rotatable bonds is 16. The Hall–Kier alpha value is -4.40. The second-order valence-corrected chi connectivity index (χ2v) is 17.9. The van der Waals surface area contributed by atoms with Gasteiger partial charge in [0.15, 0.2) is 0 Å². The number of piperazine rings is 1. The van der Waals surface area contributed by atoms with Gasteiger partial charge in [-0.3, -0.25) is 15.1 Å². The van der Waals surface area contributed by atoms with Crippen molar-refractivity contribution in [1.82, 2.24) is 20.1 Å². The zero-order valence-corrected chi connectivity index (χ0v) is 35.2. The number of ether oxygens (including phenoxy) is 1. The van der Waals surface area contributed by atoms with Gasteiger partial charge in [-0.05, 0) is 102 Å². The van der Waals surface area contributed by atoms with Gasteiger partial charge in [-0.1, -0.05) is 66.2 Å². The van der Waals surface area contributed by atoms with Gasteiger partial charge in [0.25, 0.3) is 15.9 Å². The molecule has 5 aromatic rings. The van der Waals surface area contributed by atoms with Gasteiger partial charge in [0.1, 0.15) is 0 Å². The number of amides is 1. The Balaban J connectivity index is 0.920. The maximum Gasteiger partial charge on any atom is 0.264 e. The molecule has 5 aromatic carbocycles. The highest BCUT2D eigenvalue weighted by Gasteiger charge is 2.23. The smallest absolute Gasteiger partial charge is 0.264 e. The van der Waals surface area contributed by atoms with Crippen LogP contribution in [0, 0.1) is 6.92 Å². The standard InChI is InChI=1S/C45H51ClN6O4S2/c1-34-31-42(19-20-44(34)48-39(33-57-41-8-3-2-4-9-41)21-22-47-52-27-29-56-30-28-52)58(54,55)49-45(53)36-13-17-40(18-14-36)51-25-23-50(24-26-51)32-37-7-5-6-10-43(37)35-11-15-38(46)16-12-35/h2-20,31,39,47-48H,21-30,32-33H2,1H3,(H,49,53)/t39-/m1/s1. The average molecular weight is 840 g/mol. The first-order valence-electron chi connectivity index (χ1n) is 19.8. The minimum atomic E-state index is -4.11. The van der Waals surface area contributed by atoms with Gasteiger partial charge in [-0.25, -0.2) is 18.1 Å². The maximum atomic E-state index is 13.4. The van der Waals surface area contributed by atoms with Gasteiger partial charge in [0, 0.05) is 91.0 Å². The number of carbonyl (C=O) groups excluding carboxylic acids is 1. The summed E-state index contributed by atoms with van der Waals surface area (Å²) in [4.78, 5) is 19.2. The molecule has 1 amide bonds. The molecular weight excluding hydrogens is 788 g/mol. The Morgan fingerprint density at radius 2 is 1.53 bits per heavy atom. The van der Waals surface area contributed by atoms with Gasteiger partial charge >= 0.3 is 0 Å². The summed E-state index contributed by atoms with van der Waals surface area (Å²) in [5.74, 6) is 0.168. The van der Waals surface area contributed by atoms with Crippen LogP contribution >= 0.6 is 23.4 Å². The molecule has 2 heterocycles. The van der Waals surface area contributed by atoms with Crippen molar-refractivity contribution in [3.63, 3.8) is 0 Å². The second kappa shape index (κ2) is 20.0. The van der Waals surface area contributed by atoms with Crippen LogP contribution in [0.4, 0.5) is 11.4 Å². The topological polar surface area (TPSA) is 106 Å². The normalized spacial score (nSPS) is 15.9. The molecule has 304 valence electrons. The van der Waals surface area contributed by atoms with Crippen molar-refractivity contribution in [3.05, 3.63) is 143 Å². The third-order valence-corrected chi connectivity index (χ3v) is 13.3. The predicted octanol–water partition coefficient (Wildman–Crippen LogP) is 7.56. The number of benzene rings is 5. The average Bonchev–Trinajstić information content (AvgIpc) is 3.25. The number of anilines is 2. The van der Waals surface area contributed by atoms with Crippen LogP contribution in [-0.4, -0.2) is 95.1 Å². The van der Waals surface area contributed by atoms with Crippen LogP contribution in [-0.2, 0) is 21.3 Å². The lowest BCUT2D eigenvalue weighted by molar-refractivity contribution is 0.0118.